The molecule has 1 aromatic carbocycles. The van der Waals surface area contributed by atoms with Crippen molar-refractivity contribution >= 4 is 11.8 Å². The Morgan fingerprint density at radius 3 is 2.53 bits per heavy atom. The molecule has 1 atom stereocenters. The van der Waals surface area contributed by atoms with Crippen LogP contribution in [0.4, 0.5) is 0 Å². The minimum absolute atomic E-state index is 0.320. The van der Waals surface area contributed by atoms with Crippen LogP contribution in [0.3, 0.4) is 0 Å². The fourth-order valence-electron chi connectivity index (χ4n) is 1.15. The Morgan fingerprint density at radius 1 is 1.33 bits per heavy atom. The number of hydrogen-bond acceptors (Lipinski definition) is 4. The number of rotatable bonds is 3. The molecule has 0 aromatic heterocycles. The summed E-state index contributed by atoms with van der Waals surface area (Å²) in [5.41, 5.74) is 0.418. The van der Waals surface area contributed by atoms with E-state index in [-0.39, 0.29) is 5.78 Å². The first-order chi connectivity index (χ1) is 7.00. The average molecular weight is 208 g/mol. The predicted molar refractivity (Wildman–Crippen MR) is 53.4 cm³/mol. The molecule has 0 saturated heterocycles. The molecule has 0 heterocycles. The van der Waals surface area contributed by atoms with Gasteiger partial charge in [0.05, 0.1) is 0 Å². The van der Waals surface area contributed by atoms with E-state index in [1.165, 1.54) is 19.9 Å². The first-order valence-corrected chi connectivity index (χ1v) is 4.47. The number of carbonyl (C=O) groups is 2. The van der Waals surface area contributed by atoms with Gasteiger partial charge in [0.15, 0.2) is 5.78 Å². The van der Waals surface area contributed by atoms with Gasteiger partial charge in [-0.15, -0.1) is 0 Å². The molecule has 80 valence electrons. The molecular formula is C11H12O4. The van der Waals surface area contributed by atoms with Gasteiger partial charge in [-0.05, 0) is 24.6 Å². The number of aliphatic hydroxyl groups excluding tert-OH is 1. The number of esters is 1. The summed E-state index contributed by atoms with van der Waals surface area (Å²) in [4.78, 5) is 21.6. The molecule has 1 aromatic rings. The summed E-state index contributed by atoms with van der Waals surface area (Å²) in [6.45, 7) is 2.58. The zero-order chi connectivity index (χ0) is 11.4. The number of aliphatic hydroxyl groups is 1. The van der Waals surface area contributed by atoms with Crippen LogP contribution in [-0.4, -0.2) is 16.9 Å². The summed E-state index contributed by atoms with van der Waals surface area (Å²) < 4.78 is 4.82. The third kappa shape index (κ3) is 3.18. The van der Waals surface area contributed by atoms with E-state index in [1.807, 2.05) is 0 Å². The average Bonchev–Trinajstić information content (AvgIpc) is 2.16. The number of hydrogen-bond donors (Lipinski definition) is 1. The standard InChI is InChI=1S/C11H12O4/c1-7(12)11(14)9-4-3-5-10(6-9)15-8(2)13/h3-6,11,14H,1-2H3/t11-/m0/s1. The topological polar surface area (TPSA) is 63.6 Å². The molecule has 4 heteroatoms. The van der Waals surface area contributed by atoms with Crippen LogP contribution in [0.15, 0.2) is 24.3 Å². The lowest BCUT2D eigenvalue weighted by Crippen LogP contribution is -2.08. The molecular weight excluding hydrogens is 196 g/mol. The van der Waals surface area contributed by atoms with E-state index < -0.39 is 12.1 Å². The third-order valence-corrected chi connectivity index (χ3v) is 1.82. The number of benzene rings is 1. The molecule has 0 radical (unpaired) electrons. The second kappa shape index (κ2) is 4.70. The normalized spacial score (nSPS) is 11.9. The summed E-state index contributed by atoms with van der Waals surface area (Å²) in [6, 6.07) is 6.25. The van der Waals surface area contributed by atoms with Gasteiger partial charge in [-0.3, -0.25) is 9.59 Å². The molecule has 15 heavy (non-hydrogen) atoms. The van der Waals surface area contributed by atoms with E-state index in [4.69, 9.17) is 4.74 Å². The summed E-state index contributed by atoms with van der Waals surface area (Å²) in [6.07, 6.45) is -1.17. The monoisotopic (exact) mass is 208 g/mol. The fraction of sp³-hybridized carbons (Fsp3) is 0.273. The van der Waals surface area contributed by atoms with Crippen LogP contribution < -0.4 is 4.74 Å². The molecule has 4 nitrogen and oxygen atoms in total. The van der Waals surface area contributed by atoms with E-state index in [2.05, 4.69) is 0 Å². The second-order valence-electron chi connectivity index (χ2n) is 3.18. The van der Waals surface area contributed by atoms with Crippen molar-refractivity contribution in [1.82, 2.24) is 0 Å². The van der Waals surface area contributed by atoms with E-state index in [0.717, 1.165) is 0 Å². The Kier molecular flexibility index (Phi) is 3.57. The van der Waals surface area contributed by atoms with Crippen molar-refractivity contribution in [1.29, 1.82) is 0 Å². The van der Waals surface area contributed by atoms with Crippen molar-refractivity contribution in [2.24, 2.45) is 0 Å². The van der Waals surface area contributed by atoms with Gasteiger partial charge in [-0.1, -0.05) is 12.1 Å². The SMILES string of the molecule is CC(=O)Oc1cccc([C@@H](O)C(C)=O)c1. The quantitative estimate of drug-likeness (QED) is 0.599. The van der Waals surface area contributed by atoms with E-state index in [9.17, 15) is 14.7 Å². The lowest BCUT2D eigenvalue weighted by atomic mass is 10.1. The van der Waals surface area contributed by atoms with Crippen LogP contribution >= 0.6 is 0 Å². The lowest BCUT2D eigenvalue weighted by Gasteiger charge is -2.08. The van der Waals surface area contributed by atoms with Gasteiger partial charge < -0.3 is 9.84 Å². The highest BCUT2D eigenvalue weighted by molar-refractivity contribution is 5.81. The van der Waals surface area contributed by atoms with Crippen molar-refractivity contribution in [3.8, 4) is 5.75 Å². The third-order valence-electron chi connectivity index (χ3n) is 1.82. The molecule has 0 aliphatic carbocycles. The highest BCUT2D eigenvalue weighted by Crippen LogP contribution is 2.19. The van der Waals surface area contributed by atoms with Crippen LogP contribution in [0.5, 0.6) is 5.75 Å². The highest BCUT2D eigenvalue weighted by atomic mass is 16.5. The molecule has 0 bridgehead atoms. The smallest absolute Gasteiger partial charge is 0.308 e. The van der Waals surface area contributed by atoms with Gasteiger partial charge in [0.1, 0.15) is 11.9 Å². The molecule has 0 saturated carbocycles. The largest absolute Gasteiger partial charge is 0.427 e. The second-order valence-corrected chi connectivity index (χ2v) is 3.18. The molecule has 0 unspecified atom stereocenters. The lowest BCUT2D eigenvalue weighted by molar-refractivity contribution is -0.131. The molecule has 0 aliphatic rings. The Morgan fingerprint density at radius 2 is 2.00 bits per heavy atom. The zero-order valence-corrected chi connectivity index (χ0v) is 8.56. The number of ether oxygens (including phenoxy) is 1. The Hall–Kier alpha value is -1.68. The van der Waals surface area contributed by atoms with Crippen molar-refractivity contribution in [2.45, 2.75) is 20.0 Å². The van der Waals surface area contributed by atoms with Crippen LogP contribution in [0.1, 0.15) is 25.5 Å². The van der Waals surface area contributed by atoms with Crippen molar-refractivity contribution in [2.75, 3.05) is 0 Å². The molecule has 0 fully saturated rings. The van der Waals surface area contributed by atoms with Crippen molar-refractivity contribution < 1.29 is 19.4 Å². The molecule has 1 N–H and O–H groups in total. The van der Waals surface area contributed by atoms with Gasteiger partial charge in [0, 0.05) is 6.92 Å². The fourth-order valence-corrected chi connectivity index (χ4v) is 1.15. The van der Waals surface area contributed by atoms with Gasteiger partial charge in [0.2, 0.25) is 0 Å². The number of Topliss-reactive ketones (excluding diaryl/α,β-unsaturated/α-hetero) is 1. The summed E-state index contributed by atoms with van der Waals surface area (Å²) >= 11 is 0. The zero-order valence-electron chi connectivity index (χ0n) is 8.56. The van der Waals surface area contributed by atoms with Crippen LogP contribution in [0.2, 0.25) is 0 Å². The Bertz CT molecular complexity index is 384. The maximum Gasteiger partial charge on any atom is 0.308 e. The molecule has 0 aliphatic heterocycles. The van der Waals surface area contributed by atoms with Gasteiger partial charge >= 0.3 is 5.97 Å². The predicted octanol–water partition coefficient (Wildman–Crippen LogP) is 1.23. The first-order valence-electron chi connectivity index (χ1n) is 4.47. The van der Waals surface area contributed by atoms with Crippen LogP contribution in [0, 0.1) is 0 Å². The minimum Gasteiger partial charge on any atom is -0.427 e. The first kappa shape index (κ1) is 11.4. The van der Waals surface area contributed by atoms with Crippen LogP contribution in [0.25, 0.3) is 0 Å². The highest BCUT2D eigenvalue weighted by Gasteiger charge is 2.13. The van der Waals surface area contributed by atoms with E-state index >= 15 is 0 Å². The number of carbonyl (C=O) groups excluding carboxylic acids is 2. The van der Waals surface area contributed by atoms with Gasteiger partial charge in [0.25, 0.3) is 0 Å². The van der Waals surface area contributed by atoms with Crippen molar-refractivity contribution in [3.63, 3.8) is 0 Å². The maximum absolute atomic E-state index is 10.9. The van der Waals surface area contributed by atoms with E-state index in [0.29, 0.717) is 11.3 Å². The molecule has 0 amide bonds. The molecule has 1 rings (SSSR count). The summed E-state index contributed by atoms with van der Waals surface area (Å²) in [5, 5.41) is 9.47. The van der Waals surface area contributed by atoms with E-state index in [1.54, 1.807) is 18.2 Å². The maximum atomic E-state index is 10.9. The Labute approximate surface area is 87.5 Å². The Balaban J connectivity index is 2.92. The summed E-state index contributed by atoms with van der Waals surface area (Å²) in [5.74, 6) is -0.472. The van der Waals surface area contributed by atoms with Crippen molar-refractivity contribution in [3.05, 3.63) is 29.8 Å². The summed E-state index contributed by atoms with van der Waals surface area (Å²) in [7, 11) is 0. The minimum atomic E-state index is -1.17. The molecule has 0 spiro atoms. The van der Waals surface area contributed by atoms with Crippen LogP contribution in [-0.2, 0) is 9.59 Å². The number of ketones is 1. The van der Waals surface area contributed by atoms with Gasteiger partial charge in [-0.2, -0.15) is 0 Å². The van der Waals surface area contributed by atoms with Gasteiger partial charge in [-0.25, -0.2) is 0 Å².